The Labute approximate surface area is 141 Å². The first kappa shape index (κ1) is 17.1. The largest absolute Gasteiger partial charge is 0.339 e. The van der Waals surface area contributed by atoms with E-state index in [1.807, 2.05) is 11.8 Å². The minimum Gasteiger partial charge on any atom is -0.339 e. The van der Waals surface area contributed by atoms with Crippen molar-refractivity contribution in [3.05, 3.63) is 47.5 Å². The molecule has 2 heterocycles. The Morgan fingerprint density at radius 2 is 2.08 bits per heavy atom. The van der Waals surface area contributed by atoms with E-state index in [4.69, 9.17) is 0 Å². The van der Waals surface area contributed by atoms with Gasteiger partial charge < -0.3 is 4.90 Å². The van der Waals surface area contributed by atoms with Gasteiger partial charge in [0, 0.05) is 37.2 Å². The number of hydrogen-bond donors (Lipinski definition) is 0. The zero-order chi connectivity index (χ0) is 17.2. The predicted molar refractivity (Wildman–Crippen MR) is 89.3 cm³/mol. The predicted octanol–water partition coefficient (Wildman–Crippen LogP) is 3.36. The number of nitrogens with zero attached hydrogens (tertiary/aromatic N) is 2. The Morgan fingerprint density at radius 1 is 1.25 bits per heavy atom. The molecule has 1 aromatic carbocycles. The molecule has 1 atom stereocenters. The fourth-order valence-electron chi connectivity index (χ4n) is 4.06. The molecule has 0 radical (unpaired) electrons. The van der Waals surface area contributed by atoms with Gasteiger partial charge in [0.25, 0.3) is 0 Å². The van der Waals surface area contributed by atoms with Gasteiger partial charge in [-0.25, -0.2) is 8.78 Å². The Bertz CT molecular complexity index is 646. The van der Waals surface area contributed by atoms with Crippen LogP contribution in [0.1, 0.15) is 31.7 Å². The van der Waals surface area contributed by atoms with Crippen molar-refractivity contribution in [2.24, 2.45) is 5.41 Å². The summed E-state index contributed by atoms with van der Waals surface area (Å²) in [4.78, 5) is 16.2. The minimum absolute atomic E-state index is 0.0719. The van der Waals surface area contributed by atoms with Crippen molar-refractivity contribution in [1.29, 1.82) is 0 Å². The molecule has 130 valence electrons. The number of rotatable bonds is 3. The van der Waals surface area contributed by atoms with Crippen molar-refractivity contribution in [1.82, 2.24) is 9.80 Å². The van der Waals surface area contributed by atoms with Crippen LogP contribution < -0.4 is 0 Å². The molecule has 3 rings (SSSR count). The lowest BCUT2D eigenvalue weighted by Gasteiger charge is -2.40. The van der Waals surface area contributed by atoms with E-state index in [0.29, 0.717) is 12.1 Å². The molecule has 1 unspecified atom stereocenters. The summed E-state index contributed by atoms with van der Waals surface area (Å²) in [7, 11) is 0. The van der Waals surface area contributed by atoms with Crippen molar-refractivity contribution < 1.29 is 13.6 Å². The van der Waals surface area contributed by atoms with Crippen molar-refractivity contribution in [2.45, 2.75) is 32.7 Å². The second-order valence-electron chi connectivity index (χ2n) is 7.04. The maximum Gasteiger partial charge on any atom is 0.246 e. The first-order valence-electron chi connectivity index (χ1n) is 8.60. The molecule has 1 amide bonds. The van der Waals surface area contributed by atoms with Crippen LogP contribution in [0.15, 0.2) is 30.4 Å². The number of carbonyl (C=O) groups excluding carboxylic acids is 1. The molecule has 1 aromatic rings. The Morgan fingerprint density at radius 3 is 2.88 bits per heavy atom. The van der Waals surface area contributed by atoms with Crippen molar-refractivity contribution >= 4 is 5.91 Å². The lowest BCUT2D eigenvalue weighted by Crippen LogP contribution is -2.45. The SMILES string of the molecule is C/C=C/C(=O)N1CCC2(CCCN(Cc3cccc(F)c3F)C2)C1. The second kappa shape index (κ2) is 7.01. The number of benzene rings is 1. The number of amides is 1. The van der Waals surface area contributed by atoms with Gasteiger partial charge in [-0.2, -0.15) is 0 Å². The highest BCUT2D eigenvalue weighted by Gasteiger charge is 2.42. The summed E-state index contributed by atoms with van der Waals surface area (Å²) in [6.07, 6.45) is 6.49. The molecule has 0 N–H and O–H groups in total. The molecule has 2 aliphatic heterocycles. The summed E-state index contributed by atoms with van der Waals surface area (Å²) in [6.45, 7) is 5.54. The molecule has 1 spiro atoms. The molecule has 3 nitrogen and oxygen atoms in total. The topological polar surface area (TPSA) is 23.6 Å². The van der Waals surface area contributed by atoms with Gasteiger partial charge in [-0.15, -0.1) is 0 Å². The van der Waals surface area contributed by atoms with Crippen LogP contribution in [0.4, 0.5) is 8.78 Å². The molecule has 0 bridgehead atoms. The molecule has 2 saturated heterocycles. The summed E-state index contributed by atoms with van der Waals surface area (Å²) < 4.78 is 27.3. The maximum atomic E-state index is 13.9. The van der Waals surface area contributed by atoms with E-state index in [0.717, 1.165) is 51.5 Å². The van der Waals surface area contributed by atoms with E-state index < -0.39 is 11.6 Å². The monoisotopic (exact) mass is 334 g/mol. The summed E-state index contributed by atoms with van der Waals surface area (Å²) in [5.41, 5.74) is 0.506. The van der Waals surface area contributed by atoms with Gasteiger partial charge in [-0.05, 0) is 44.9 Å². The highest BCUT2D eigenvalue weighted by atomic mass is 19.2. The van der Waals surface area contributed by atoms with Crippen LogP contribution in [0.2, 0.25) is 0 Å². The highest BCUT2D eigenvalue weighted by molar-refractivity contribution is 5.87. The number of piperidine rings is 1. The summed E-state index contributed by atoms with van der Waals surface area (Å²) >= 11 is 0. The van der Waals surface area contributed by atoms with Crippen LogP contribution in [0.3, 0.4) is 0 Å². The van der Waals surface area contributed by atoms with Crippen molar-refractivity contribution in [3.8, 4) is 0 Å². The first-order valence-corrected chi connectivity index (χ1v) is 8.60. The summed E-state index contributed by atoms with van der Waals surface area (Å²) in [6, 6.07) is 4.36. The summed E-state index contributed by atoms with van der Waals surface area (Å²) in [5, 5.41) is 0. The van der Waals surface area contributed by atoms with E-state index in [9.17, 15) is 13.6 Å². The van der Waals surface area contributed by atoms with Gasteiger partial charge in [-0.3, -0.25) is 9.69 Å². The number of allylic oxidation sites excluding steroid dienone is 1. The highest BCUT2D eigenvalue weighted by Crippen LogP contribution is 2.39. The third-order valence-corrected chi connectivity index (χ3v) is 5.23. The van der Waals surface area contributed by atoms with Gasteiger partial charge in [-0.1, -0.05) is 18.2 Å². The molecule has 0 aromatic heterocycles. The number of hydrogen-bond acceptors (Lipinski definition) is 2. The average molecular weight is 334 g/mol. The normalized spacial score (nSPS) is 25.0. The van der Waals surface area contributed by atoms with Gasteiger partial charge in [0.15, 0.2) is 11.6 Å². The molecule has 2 aliphatic rings. The number of likely N-dealkylation sites (tertiary alicyclic amines) is 2. The third kappa shape index (κ3) is 3.51. The lowest BCUT2D eigenvalue weighted by atomic mass is 9.79. The maximum absolute atomic E-state index is 13.9. The van der Waals surface area contributed by atoms with E-state index in [2.05, 4.69) is 4.90 Å². The van der Waals surface area contributed by atoms with E-state index in [1.54, 1.807) is 24.3 Å². The molecule has 24 heavy (non-hydrogen) atoms. The van der Waals surface area contributed by atoms with Gasteiger partial charge >= 0.3 is 0 Å². The van der Waals surface area contributed by atoms with Crippen molar-refractivity contribution in [3.63, 3.8) is 0 Å². The first-order chi connectivity index (χ1) is 11.5. The Hall–Kier alpha value is -1.75. The Kier molecular flexibility index (Phi) is 4.99. The molecular weight excluding hydrogens is 310 g/mol. The smallest absolute Gasteiger partial charge is 0.246 e. The third-order valence-electron chi connectivity index (χ3n) is 5.23. The fourth-order valence-corrected chi connectivity index (χ4v) is 4.06. The van der Waals surface area contributed by atoms with E-state index >= 15 is 0 Å². The average Bonchev–Trinajstić information content (AvgIpc) is 2.96. The standard InChI is InChI=1S/C19H24F2N2O/c1-2-5-17(24)23-11-9-19(14-23)8-4-10-22(13-19)12-15-6-3-7-16(20)18(15)21/h2-3,5-7H,4,8-14H2,1H3/b5-2+. The van der Waals surface area contributed by atoms with E-state index in [1.165, 1.54) is 0 Å². The number of carbonyl (C=O) groups is 1. The number of halogens is 2. The molecular formula is C19H24F2N2O. The van der Waals surface area contributed by atoms with Gasteiger partial charge in [0.2, 0.25) is 5.91 Å². The zero-order valence-corrected chi connectivity index (χ0v) is 14.1. The van der Waals surface area contributed by atoms with E-state index in [-0.39, 0.29) is 11.3 Å². The molecule has 2 fully saturated rings. The Balaban J connectivity index is 1.67. The van der Waals surface area contributed by atoms with Crippen LogP contribution in [-0.4, -0.2) is 41.9 Å². The van der Waals surface area contributed by atoms with Crippen LogP contribution >= 0.6 is 0 Å². The molecule has 0 aliphatic carbocycles. The quantitative estimate of drug-likeness (QED) is 0.792. The van der Waals surface area contributed by atoms with Gasteiger partial charge in [0.1, 0.15) is 0 Å². The summed E-state index contributed by atoms with van der Waals surface area (Å²) in [5.74, 6) is -1.46. The minimum atomic E-state index is -0.789. The van der Waals surface area contributed by atoms with Crippen molar-refractivity contribution in [2.75, 3.05) is 26.2 Å². The van der Waals surface area contributed by atoms with Crippen LogP contribution in [0.5, 0.6) is 0 Å². The molecule has 5 heteroatoms. The fraction of sp³-hybridized carbons (Fsp3) is 0.526. The van der Waals surface area contributed by atoms with Gasteiger partial charge in [0.05, 0.1) is 0 Å². The lowest BCUT2D eigenvalue weighted by molar-refractivity contribution is -0.125. The second-order valence-corrected chi connectivity index (χ2v) is 7.04. The van der Waals surface area contributed by atoms with Crippen LogP contribution in [0, 0.1) is 17.0 Å². The zero-order valence-electron chi connectivity index (χ0n) is 14.1. The molecule has 0 saturated carbocycles. The van der Waals surface area contributed by atoms with Crippen LogP contribution in [0.25, 0.3) is 0 Å². The van der Waals surface area contributed by atoms with Crippen LogP contribution in [-0.2, 0) is 11.3 Å².